The first kappa shape index (κ1) is 27.8. The number of fused-ring (bicyclic) bond motifs is 9. The smallest absolute Gasteiger partial charge is 0.0431 e. The van der Waals surface area contributed by atoms with Gasteiger partial charge in [0.1, 0.15) is 0 Å². The molecule has 10 rings (SSSR count). The van der Waals surface area contributed by atoms with Gasteiger partial charge >= 0.3 is 0 Å². The zero-order chi connectivity index (χ0) is 32.1. The second kappa shape index (κ2) is 10.1. The zero-order valence-corrected chi connectivity index (χ0v) is 27.3. The van der Waals surface area contributed by atoms with Gasteiger partial charge in [0.15, 0.2) is 0 Å². The van der Waals surface area contributed by atoms with E-state index in [2.05, 4.69) is 147 Å². The molecule has 3 aliphatic rings. The monoisotopic (exact) mass is 616 g/mol. The minimum absolute atomic E-state index is 0.0274. The summed E-state index contributed by atoms with van der Waals surface area (Å²) in [5.41, 5.74) is 21.3. The predicted octanol–water partition coefficient (Wildman–Crippen LogP) is 12.0. The topological polar surface area (TPSA) is 20.2 Å². The average Bonchev–Trinajstić information content (AvgIpc) is 3.71. The Morgan fingerprint density at radius 1 is 0.479 bits per heavy atom. The Kier molecular flexibility index (Phi) is 5.87. The van der Waals surface area contributed by atoms with Crippen LogP contribution in [-0.2, 0) is 5.41 Å². The highest BCUT2D eigenvalue weighted by Crippen LogP contribution is 2.53. The number of benzene rings is 7. The Morgan fingerprint density at radius 3 is 1.77 bits per heavy atom. The van der Waals surface area contributed by atoms with Crippen molar-refractivity contribution in [2.45, 2.75) is 38.0 Å². The van der Waals surface area contributed by atoms with E-state index in [1.807, 2.05) is 0 Å². The third-order valence-electron chi connectivity index (χ3n) is 11.6. The second-order valence-electron chi connectivity index (χ2n) is 14.4. The van der Waals surface area contributed by atoms with Crippen molar-refractivity contribution in [2.75, 3.05) is 6.61 Å². The summed E-state index contributed by atoms with van der Waals surface area (Å²) in [6, 6.07) is 50.3. The van der Waals surface area contributed by atoms with Crippen LogP contribution in [0.15, 0.2) is 133 Å². The molecule has 1 N–H and O–H groups in total. The molecule has 3 aliphatic carbocycles. The molecule has 0 aromatic heterocycles. The molecule has 0 aliphatic heterocycles. The highest BCUT2D eigenvalue weighted by Gasteiger charge is 2.35. The molecule has 1 heteroatoms. The van der Waals surface area contributed by atoms with Crippen LogP contribution in [0.25, 0.3) is 77.5 Å². The fourth-order valence-electron chi connectivity index (χ4n) is 9.26. The number of hydrogen-bond acceptors (Lipinski definition) is 1. The summed E-state index contributed by atoms with van der Waals surface area (Å²) in [4.78, 5) is 0. The molecule has 1 unspecified atom stereocenters. The van der Waals surface area contributed by atoms with E-state index >= 15 is 0 Å². The highest BCUT2D eigenvalue weighted by atomic mass is 16.2. The maximum Gasteiger partial charge on any atom is 0.0431 e. The van der Waals surface area contributed by atoms with Crippen molar-refractivity contribution in [3.05, 3.63) is 156 Å². The lowest BCUT2D eigenvalue weighted by molar-refractivity contribution is 0.282. The van der Waals surface area contributed by atoms with E-state index in [1.165, 1.54) is 99.8 Å². The van der Waals surface area contributed by atoms with Crippen LogP contribution in [0, 0.1) is 0 Å². The molecule has 0 amide bonds. The van der Waals surface area contributed by atoms with Gasteiger partial charge in [-0.1, -0.05) is 129 Å². The lowest BCUT2D eigenvalue weighted by Gasteiger charge is -2.22. The van der Waals surface area contributed by atoms with E-state index in [1.54, 1.807) is 0 Å². The van der Waals surface area contributed by atoms with Crippen LogP contribution < -0.4 is 0 Å². The summed E-state index contributed by atoms with van der Waals surface area (Å²) < 4.78 is 0. The molecule has 0 spiro atoms. The van der Waals surface area contributed by atoms with Gasteiger partial charge in [0.25, 0.3) is 0 Å². The molecule has 0 saturated heterocycles. The fourth-order valence-corrected chi connectivity index (χ4v) is 9.26. The third kappa shape index (κ3) is 3.77. The minimum atomic E-state index is -0.0274. The minimum Gasteiger partial charge on any atom is -0.396 e. The first-order valence-electron chi connectivity index (χ1n) is 17.3. The van der Waals surface area contributed by atoms with Gasteiger partial charge < -0.3 is 5.11 Å². The maximum absolute atomic E-state index is 9.95. The third-order valence-corrected chi connectivity index (χ3v) is 11.6. The number of hydrogen-bond donors (Lipinski definition) is 1. The van der Waals surface area contributed by atoms with E-state index in [0.29, 0.717) is 0 Å². The summed E-state index contributed by atoms with van der Waals surface area (Å²) in [5.74, 6) is 0.248. The Hall–Kier alpha value is -5.24. The summed E-state index contributed by atoms with van der Waals surface area (Å²) in [6.45, 7) is 4.91. The van der Waals surface area contributed by atoms with Crippen LogP contribution >= 0.6 is 0 Å². The SMILES string of the molecule is CC1(C)c2ccccc2-c2ccc(-c3ccc4c(c3)C(CCCO)c3cc(-c5ccc6c7c(cccc57)-c5ccccc5-6)ccc3-4)cc21. The van der Waals surface area contributed by atoms with Crippen molar-refractivity contribution >= 4 is 10.8 Å². The lowest BCUT2D eigenvalue weighted by Crippen LogP contribution is -2.14. The van der Waals surface area contributed by atoms with Crippen molar-refractivity contribution in [3.8, 4) is 66.8 Å². The average molecular weight is 617 g/mol. The van der Waals surface area contributed by atoms with Crippen LogP contribution in [0.3, 0.4) is 0 Å². The summed E-state index contributed by atoms with van der Waals surface area (Å²) in [6.07, 6.45) is 1.71. The Labute approximate surface area is 282 Å². The molecule has 0 heterocycles. The largest absolute Gasteiger partial charge is 0.396 e. The number of rotatable bonds is 5. The molecular weight excluding hydrogens is 581 g/mol. The molecule has 0 fully saturated rings. The van der Waals surface area contributed by atoms with Crippen LogP contribution in [-0.4, -0.2) is 11.7 Å². The van der Waals surface area contributed by atoms with Crippen LogP contribution in [0.5, 0.6) is 0 Å². The van der Waals surface area contributed by atoms with E-state index in [-0.39, 0.29) is 17.9 Å². The van der Waals surface area contributed by atoms with Crippen molar-refractivity contribution in [1.82, 2.24) is 0 Å². The molecule has 1 nitrogen and oxygen atoms in total. The Bertz CT molecular complexity index is 2450. The number of aliphatic hydroxyl groups excluding tert-OH is 1. The second-order valence-corrected chi connectivity index (χ2v) is 14.4. The van der Waals surface area contributed by atoms with Crippen LogP contribution in [0.1, 0.15) is 54.9 Å². The summed E-state index contributed by atoms with van der Waals surface area (Å²) in [5, 5.41) is 12.6. The van der Waals surface area contributed by atoms with Crippen LogP contribution in [0.4, 0.5) is 0 Å². The van der Waals surface area contributed by atoms with Crippen molar-refractivity contribution in [1.29, 1.82) is 0 Å². The van der Waals surface area contributed by atoms with Gasteiger partial charge in [-0.05, 0) is 131 Å². The molecule has 0 bridgehead atoms. The number of aliphatic hydroxyl groups is 1. The van der Waals surface area contributed by atoms with Gasteiger partial charge in [-0.15, -0.1) is 0 Å². The van der Waals surface area contributed by atoms with Gasteiger partial charge in [-0.3, -0.25) is 0 Å². The molecule has 1 atom stereocenters. The van der Waals surface area contributed by atoms with E-state index < -0.39 is 0 Å². The molecule has 7 aromatic rings. The maximum atomic E-state index is 9.95. The molecule has 7 aromatic carbocycles. The molecular formula is C47H36O. The zero-order valence-electron chi connectivity index (χ0n) is 27.3. The first-order chi connectivity index (χ1) is 23.5. The van der Waals surface area contributed by atoms with Gasteiger partial charge in [0.2, 0.25) is 0 Å². The van der Waals surface area contributed by atoms with Gasteiger partial charge in [0.05, 0.1) is 0 Å². The predicted molar refractivity (Wildman–Crippen MR) is 200 cm³/mol. The lowest BCUT2D eigenvalue weighted by atomic mass is 9.81. The molecule has 230 valence electrons. The van der Waals surface area contributed by atoms with E-state index in [9.17, 15) is 5.11 Å². The van der Waals surface area contributed by atoms with Crippen molar-refractivity contribution in [3.63, 3.8) is 0 Å². The van der Waals surface area contributed by atoms with E-state index in [0.717, 1.165) is 12.8 Å². The highest BCUT2D eigenvalue weighted by molar-refractivity contribution is 6.18. The molecule has 0 saturated carbocycles. The Morgan fingerprint density at radius 2 is 1.02 bits per heavy atom. The molecule has 0 radical (unpaired) electrons. The fraction of sp³-hybridized carbons (Fsp3) is 0.149. The van der Waals surface area contributed by atoms with E-state index in [4.69, 9.17) is 0 Å². The molecule has 48 heavy (non-hydrogen) atoms. The summed E-state index contributed by atoms with van der Waals surface area (Å²) in [7, 11) is 0. The van der Waals surface area contributed by atoms with Crippen LogP contribution in [0.2, 0.25) is 0 Å². The van der Waals surface area contributed by atoms with Gasteiger partial charge in [-0.25, -0.2) is 0 Å². The van der Waals surface area contributed by atoms with Gasteiger partial charge in [0, 0.05) is 17.9 Å². The standard InChI is InChI=1S/C47H36O/c1-47(2)44-15-6-5-11-37(44)38-21-17-29(27-45(38)47)28-16-19-35-36-20-18-30(26-43(36)34(14-8-24-48)42(35)25-28)31-22-23-41-33-10-4-3-9-32(33)40-13-7-12-39(31)46(40)41/h3-7,9-13,15-23,25-27,34,48H,8,14,24H2,1-2H3. The normalized spacial score (nSPS) is 15.6. The summed E-state index contributed by atoms with van der Waals surface area (Å²) >= 11 is 0. The first-order valence-corrected chi connectivity index (χ1v) is 17.3. The quantitative estimate of drug-likeness (QED) is 0.204. The van der Waals surface area contributed by atoms with Gasteiger partial charge in [-0.2, -0.15) is 0 Å². The van der Waals surface area contributed by atoms with Crippen molar-refractivity contribution < 1.29 is 5.11 Å². The van der Waals surface area contributed by atoms with Crippen molar-refractivity contribution in [2.24, 2.45) is 0 Å². The Balaban J connectivity index is 1.07.